The van der Waals surface area contributed by atoms with E-state index in [4.69, 9.17) is 16.3 Å². The molecule has 2 nitrogen and oxygen atoms in total. The highest BCUT2D eigenvalue weighted by atomic mass is 35.5. The molecule has 1 unspecified atom stereocenters. The third-order valence-corrected chi connectivity index (χ3v) is 2.80. The van der Waals surface area contributed by atoms with Crippen molar-refractivity contribution in [2.75, 3.05) is 19.6 Å². The zero-order chi connectivity index (χ0) is 12.0. The molecule has 0 saturated carbocycles. The first-order valence-corrected chi connectivity index (χ1v) is 6.04. The third-order valence-electron chi connectivity index (χ3n) is 2.43. The van der Waals surface area contributed by atoms with E-state index in [1.54, 1.807) is 7.11 Å². The van der Waals surface area contributed by atoms with Gasteiger partial charge in [-0.25, -0.2) is 0 Å². The van der Waals surface area contributed by atoms with Crippen LogP contribution in [0.1, 0.15) is 16.7 Å². The quantitative estimate of drug-likeness (QED) is 0.774. The Morgan fingerprint density at radius 2 is 1.88 bits per heavy atom. The first-order valence-electron chi connectivity index (χ1n) is 5.51. The standard InChI is InChI=1S/C13H20ClNO/c1-10-4-11(2)6-12(5-10)8-15-13(7-14)9-16-3/h4-6,13,15H,7-9H2,1-3H3. The predicted molar refractivity (Wildman–Crippen MR) is 69.1 cm³/mol. The Labute approximate surface area is 103 Å². The van der Waals surface area contributed by atoms with Crippen LogP contribution in [0.4, 0.5) is 0 Å². The number of benzene rings is 1. The Hall–Kier alpha value is -0.570. The van der Waals surface area contributed by atoms with Gasteiger partial charge >= 0.3 is 0 Å². The molecule has 1 aromatic rings. The first kappa shape index (κ1) is 13.5. The average molecular weight is 242 g/mol. The van der Waals surface area contributed by atoms with Crippen LogP contribution in [0, 0.1) is 13.8 Å². The van der Waals surface area contributed by atoms with Crippen LogP contribution < -0.4 is 5.32 Å². The summed E-state index contributed by atoms with van der Waals surface area (Å²) >= 11 is 5.83. The lowest BCUT2D eigenvalue weighted by molar-refractivity contribution is 0.172. The zero-order valence-corrected chi connectivity index (χ0v) is 11.0. The Kier molecular flexibility index (Phi) is 5.81. The fourth-order valence-corrected chi connectivity index (χ4v) is 1.99. The maximum atomic E-state index is 5.83. The number of ether oxygens (including phenoxy) is 1. The number of hydrogen-bond acceptors (Lipinski definition) is 2. The minimum atomic E-state index is 0.215. The summed E-state index contributed by atoms with van der Waals surface area (Å²) < 4.78 is 5.08. The number of aryl methyl sites for hydroxylation is 2. The summed E-state index contributed by atoms with van der Waals surface area (Å²) in [5.41, 5.74) is 3.89. The van der Waals surface area contributed by atoms with Crippen molar-refractivity contribution in [1.82, 2.24) is 5.32 Å². The number of alkyl halides is 1. The van der Waals surface area contributed by atoms with Gasteiger partial charge in [0.25, 0.3) is 0 Å². The van der Waals surface area contributed by atoms with Crippen molar-refractivity contribution in [3.05, 3.63) is 34.9 Å². The molecule has 0 heterocycles. The molecule has 0 radical (unpaired) electrons. The van der Waals surface area contributed by atoms with E-state index in [1.807, 2.05) is 0 Å². The SMILES string of the molecule is COCC(CCl)NCc1cc(C)cc(C)c1. The molecule has 0 aromatic heterocycles. The van der Waals surface area contributed by atoms with Crippen molar-refractivity contribution in [1.29, 1.82) is 0 Å². The van der Waals surface area contributed by atoms with Gasteiger partial charge in [-0.05, 0) is 19.4 Å². The number of hydrogen-bond donors (Lipinski definition) is 1. The summed E-state index contributed by atoms with van der Waals surface area (Å²) in [5.74, 6) is 0.568. The predicted octanol–water partition coefficient (Wildman–Crippen LogP) is 2.65. The number of halogens is 1. The van der Waals surface area contributed by atoms with Crippen LogP contribution in [-0.2, 0) is 11.3 Å². The lowest BCUT2D eigenvalue weighted by Gasteiger charge is -2.15. The molecule has 0 saturated heterocycles. The minimum Gasteiger partial charge on any atom is -0.383 e. The van der Waals surface area contributed by atoms with Crippen LogP contribution >= 0.6 is 11.6 Å². The molecule has 0 aliphatic heterocycles. The fourth-order valence-electron chi connectivity index (χ4n) is 1.79. The topological polar surface area (TPSA) is 21.3 Å². The van der Waals surface area contributed by atoms with Crippen LogP contribution in [0.2, 0.25) is 0 Å². The van der Waals surface area contributed by atoms with Crippen LogP contribution in [0.25, 0.3) is 0 Å². The highest BCUT2D eigenvalue weighted by Crippen LogP contribution is 2.08. The maximum Gasteiger partial charge on any atom is 0.0627 e. The lowest BCUT2D eigenvalue weighted by atomic mass is 10.1. The Morgan fingerprint density at radius 1 is 1.25 bits per heavy atom. The zero-order valence-electron chi connectivity index (χ0n) is 10.2. The maximum absolute atomic E-state index is 5.83. The highest BCUT2D eigenvalue weighted by Gasteiger charge is 2.06. The fraction of sp³-hybridized carbons (Fsp3) is 0.538. The van der Waals surface area contributed by atoms with Gasteiger partial charge in [0, 0.05) is 25.6 Å². The molecule has 16 heavy (non-hydrogen) atoms. The largest absolute Gasteiger partial charge is 0.383 e. The van der Waals surface area contributed by atoms with E-state index < -0.39 is 0 Å². The summed E-state index contributed by atoms with van der Waals surface area (Å²) in [6, 6.07) is 6.78. The van der Waals surface area contributed by atoms with Gasteiger partial charge in [0.15, 0.2) is 0 Å². The Balaban J connectivity index is 2.52. The minimum absolute atomic E-state index is 0.215. The normalized spacial score (nSPS) is 12.8. The monoisotopic (exact) mass is 241 g/mol. The molecule has 0 amide bonds. The molecule has 90 valence electrons. The van der Waals surface area contributed by atoms with Crippen molar-refractivity contribution in [3.8, 4) is 0 Å². The summed E-state index contributed by atoms with van der Waals surface area (Å²) in [6.07, 6.45) is 0. The first-order chi connectivity index (χ1) is 7.65. The summed E-state index contributed by atoms with van der Waals surface area (Å²) in [7, 11) is 1.69. The van der Waals surface area contributed by atoms with Gasteiger partial charge in [-0.15, -0.1) is 11.6 Å². The van der Waals surface area contributed by atoms with Crippen LogP contribution in [0.3, 0.4) is 0 Å². The summed E-state index contributed by atoms with van der Waals surface area (Å²) in [6.45, 7) is 5.72. The van der Waals surface area contributed by atoms with Gasteiger partial charge in [-0.3, -0.25) is 0 Å². The van der Waals surface area contributed by atoms with Gasteiger partial charge in [0.05, 0.1) is 6.61 Å². The van der Waals surface area contributed by atoms with Crippen molar-refractivity contribution >= 4 is 11.6 Å². The second-order valence-corrected chi connectivity index (χ2v) is 4.49. The molecule has 1 atom stereocenters. The highest BCUT2D eigenvalue weighted by molar-refractivity contribution is 6.18. The summed E-state index contributed by atoms with van der Waals surface area (Å²) in [4.78, 5) is 0. The molecule has 1 rings (SSSR count). The van der Waals surface area contributed by atoms with E-state index in [-0.39, 0.29) is 6.04 Å². The molecular weight excluding hydrogens is 222 g/mol. The number of nitrogens with one attached hydrogen (secondary N) is 1. The molecule has 0 aliphatic carbocycles. The molecule has 0 spiro atoms. The molecule has 0 aliphatic rings. The van der Waals surface area contributed by atoms with Gasteiger partial charge in [-0.2, -0.15) is 0 Å². The van der Waals surface area contributed by atoms with Crippen LogP contribution in [-0.4, -0.2) is 25.6 Å². The lowest BCUT2D eigenvalue weighted by Crippen LogP contribution is -2.34. The molecule has 0 bridgehead atoms. The second kappa shape index (κ2) is 6.89. The van der Waals surface area contributed by atoms with E-state index in [1.165, 1.54) is 16.7 Å². The van der Waals surface area contributed by atoms with Gasteiger partial charge in [0.1, 0.15) is 0 Å². The van der Waals surface area contributed by atoms with E-state index in [9.17, 15) is 0 Å². The van der Waals surface area contributed by atoms with E-state index in [0.717, 1.165) is 6.54 Å². The molecular formula is C13H20ClNO. The van der Waals surface area contributed by atoms with Gasteiger partial charge in [-0.1, -0.05) is 29.3 Å². The number of methoxy groups -OCH3 is 1. The van der Waals surface area contributed by atoms with Crippen LogP contribution in [0.5, 0.6) is 0 Å². The Morgan fingerprint density at radius 3 is 2.38 bits per heavy atom. The molecule has 1 aromatic carbocycles. The number of rotatable bonds is 6. The molecule has 3 heteroatoms. The molecule has 0 fully saturated rings. The van der Waals surface area contributed by atoms with Gasteiger partial charge < -0.3 is 10.1 Å². The van der Waals surface area contributed by atoms with Crippen molar-refractivity contribution in [2.45, 2.75) is 26.4 Å². The van der Waals surface area contributed by atoms with Gasteiger partial charge in [0.2, 0.25) is 0 Å². The Bertz CT molecular complexity index is 307. The van der Waals surface area contributed by atoms with E-state index in [0.29, 0.717) is 12.5 Å². The smallest absolute Gasteiger partial charge is 0.0627 e. The molecule has 1 N–H and O–H groups in total. The summed E-state index contributed by atoms with van der Waals surface area (Å²) in [5, 5.41) is 3.38. The van der Waals surface area contributed by atoms with Crippen molar-refractivity contribution in [3.63, 3.8) is 0 Å². The van der Waals surface area contributed by atoms with E-state index in [2.05, 4.69) is 37.4 Å². The van der Waals surface area contributed by atoms with Crippen LogP contribution in [0.15, 0.2) is 18.2 Å². The van der Waals surface area contributed by atoms with Crippen molar-refractivity contribution < 1.29 is 4.74 Å². The van der Waals surface area contributed by atoms with E-state index >= 15 is 0 Å². The second-order valence-electron chi connectivity index (χ2n) is 4.18. The van der Waals surface area contributed by atoms with Crippen molar-refractivity contribution in [2.24, 2.45) is 0 Å². The third kappa shape index (κ3) is 4.52. The average Bonchev–Trinajstić information content (AvgIpc) is 2.23.